The monoisotopic (exact) mass is 259 g/mol. The van der Waals surface area contributed by atoms with Crippen molar-refractivity contribution >= 4 is 29.1 Å². The number of halogens is 1. The Kier molecular flexibility index (Phi) is 5.46. The molecule has 0 aliphatic rings. The minimum absolute atomic E-state index is 0.240. The summed E-state index contributed by atoms with van der Waals surface area (Å²) in [4.78, 5) is 0. The van der Waals surface area contributed by atoms with Crippen LogP contribution in [0.2, 0.25) is 5.02 Å². The third-order valence-corrected chi connectivity index (χ3v) is 3.78. The highest BCUT2D eigenvalue weighted by molar-refractivity contribution is 8.00. The van der Waals surface area contributed by atoms with Crippen LogP contribution < -0.4 is 5.73 Å². The van der Waals surface area contributed by atoms with Crippen molar-refractivity contribution in [3.05, 3.63) is 28.8 Å². The summed E-state index contributed by atoms with van der Waals surface area (Å²) >= 11 is 7.86. The summed E-state index contributed by atoms with van der Waals surface area (Å²) in [6, 6.07) is 5.75. The number of thioether (sulfide) groups is 1. The Bertz CT molecular complexity index is 344. The molecule has 2 N–H and O–H groups in total. The molecule has 0 amide bonds. The lowest BCUT2D eigenvalue weighted by molar-refractivity contribution is 0.200. The largest absolute Gasteiger partial charge is 0.397 e. The van der Waals surface area contributed by atoms with Crippen molar-refractivity contribution in [2.75, 3.05) is 19.5 Å². The number of hydrogen-bond donors (Lipinski definition) is 1. The van der Waals surface area contributed by atoms with E-state index in [1.54, 1.807) is 7.11 Å². The van der Waals surface area contributed by atoms with Gasteiger partial charge in [0.05, 0.1) is 22.6 Å². The third kappa shape index (κ3) is 3.58. The zero-order valence-electron chi connectivity index (χ0n) is 9.87. The van der Waals surface area contributed by atoms with Crippen LogP contribution in [0, 0.1) is 0 Å². The van der Waals surface area contributed by atoms with Crippen LogP contribution in [0.15, 0.2) is 18.2 Å². The van der Waals surface area contributed by atoms with Crippen LogP contribution in [0.3, 0.4) is 0 Å². The first-order valence-electron chi connectivity index (χ1n) is 5.24. The van der Waals surface area contributed by atoms with Crippen LogP contribution in [-0.4, -0.2) is 19.0 Å². The molecular weight excluding hydrogens is 242 g/mol. The molecule has 0 aliphatic heterocycles. The molecule has 4 heteroatoms. The van der Waals surface area contributed by atoms with Gasteiger partial charge in [0, 0.05) is 7.11 Å². The molecule has 0 radical (unpaired) electrons. The summed E-state index contributed by atoms with van der Waals surface area (Å²) in [5.41, 5.74) is 7.72. The molecule has 1 aromatic rings. The number of para-hydroxylation sites is 1. The van der Waals surface area contributed by atoms with Crippen molar-refractivity contribution in [2.24, 2.45) is 0 Å². The molecular formula is C12H18ClNOS. The summed E-state index contributed by atoms with van der Waals surface area (Å²) in [7, 11) is 1.70. The first kappa shape index (κ1) is 13.7. The molecule has 0 aromatic heterocycles. The van der Waals surface area contributed by atoms with Crippen LogP contribution in [0.25, 0.3) is 0 Å². The predicted octanol–water partition coefficient (Wildman–Crippen LogP) is 3.75. The van der Waals surface area contributed by atoms with E-state index in [1.165, 1.54) is 0 Å². The SMILES string of the molecule is COCC(SC(C)C)c1cccc(Cl)c1N. The number of methoxy groups -OCH3 is 1. The quantitative estimate of drug-likeness (QED) is 0.818. The van der Waals surface area contributed by atoms with E-state index in [-0.39, 0.29) is 5.25 Å². The van der Waals surface area contributed by atoms with Gasteiger partial charge in [0.15, 0.2) is 0 Å². The summed E-state index contributed by atoms with van der Waals surface area (Å²) in [6.45, 7) is 4.97. The Morgan fingerprint density at radius 1 is 1.44 bits per heavy atom. The van der Waals surface area contributed by atoms with Crippen molar-refractivity contribution in [3.63, 3.8) is 0 Å². The van der Waals surface area contributed by atoms with Gasteiger partial charge in [0.2, 0.25) is 0 Å². The van der Waals surface area contributed by atoms with Gasteiger partial charge in [-0.15, -0.1) is 11.8 Å². The van der Waals surface area contributed by atoms with Crippen LogP contribution in [0.4, 0.5) is 5.69 Å². The summed E-state index contributed by atoms with van der Waals surface area (Å²) in [5.74, 6) is 0. The van der Waals surface area contributed by atoms with Crippen molar-refractivity contribution in [2.45, 2.75) is 24.3 Å². The van der Waals surface area contributed by atoms with E-state index in [1.807, 2.05) is 30.0 Å². The van der Waals surface area contributed by atoms with Crippen molar-refractivity contribution < 1.29 is 4.74 Å². The molecule has 1 rings (SSSR count). The first-order chi connectivity index (χ1) is 7.56. The van der Waals surface area contributed by atoms with Crippen molar-refractivity contribution in [3.8, 4) is 0 Å². The Morgan fingerprint density at radius 3 is 2.69 bits per heavy atom. The number of benzene rings is 1. The zero-order chi connectivity index (χ0) is 12.1. The Hall–Kier alpha value is -0.380. The number of hydrogen-bond acceptors (Lipinski definition) is 3. The van der Waals surface area contributed by atoms with E-state index in [9.17, 15) is 0 Å². The van der Waals surface area contributed by atoms with Crippen LogP contribution in [0.5, 0.6) is 0 Å². The average Bonchev–Trinajstić information content (AvgIpc) is 2.21. The lowest BCUT2D eigenvalue weighted by Gasteiger charge is -2.20. The van der Waals surface area contributed by atoms with Crippen LogP contribution in [-0.2, 0) is 4.74 Å². The smallest absolute Gasteiger partial charge is 0.0638 e. The lowest BCUT2D eigenvalue weighted by Crippen LogP contribution is -2.08. The van der Waals surface area contributed by atoms with E-state index in [0.29, 0.717) is 22.6 Å². The molecule has 0 fully saturated rings. The highest BCUT2D eigenvalue weighted by atomic mass is 35.5. The van der Waals surface area contributed by atoms with Gasteiger partial charge in [-0.25, -0.2) is 0 Å². The van der Waals surface area contributed by atoms with E-state index < -0.39 is 0 Å². The van der Waals surface area contributed by atoms with Crippen molar-refractivity contribution in [1.29, 1.82) is 0 Å². The second-order valence-corrected chi connectivity index (χ2v) is 6.06. The fourth-order valence-corrected chi connectivity index (χ4v) is 2.92. The Balaban J connectivity index is 2.96. The van der Waals surface area contributed by atoms with E-state index in [2.05, 4.69) is 13.8 Å². The lowest BCUT2D eigenvalue weighted by atomic mass is 10.1. The third-order valence-electron chi connectivity index (χ3n) is 2.19. The highest BCUT2D eigenvalue weighted by Crippen LogP contribution is 2.37. The van der Waals surface area contributed by atoms with E-state index >= 15 is 0 Å². The molecule has 16 heavy (non-hydrogen) atoms. The predicted molar refractivity (Wildman–Crippen MR) is 73.2 cm³/mol. The molecule has 2 nitrogen and oxygen atoms in total. The molecule has 90 valence electrons. The molecule has 0 heterocycles. The zero-order valence-corrected chi connectivity index (χ0v) is 11.4. The standard InChI is InChI=1S/C12H18ClNOS/c1-8(2)16-11(7-15-3)9-5-4-6-10(13)12(9)14/h4-6,8,11H,7,14H2,1-3H3. The Morgan fingerprint density at radius 2 is 2.12 bits per heavy atom. The van der Waals surface area contributed by atoms with Gasteiger partial charge in [0.25, 0.3) is 0 Å². The second kappa shape index (κ2) is 6.38. The fraction of sp³-hybridized carbons (Fsp3) is 0.500. The molecule has 0 saturated carbocycles. The normalized spacial score (nSPS) is 13.1. The molecule has 0 aliphatic carbocycles. The Labute approximate surface area is 107 Å². The fourth-order valence-electron chi connectivity index (χ4n) is 1.52. The summed E-state index contributed by atoms with van der Waals surface area (Å²) in [5, 5.41) is 1.38. The van der Waals surface area contributed by atoms with Crippen LogP contribution in [0.1, 0.15) is 24.7 Å². The number of nitrogens with two attached hydrogens (primary N) is 1. The average molecular weight is 260 g/mol. The number of anilines is 1. The first-order valence-corrected chi connectivity index (χ1v) is 6.56. The molecule has 0 bridgehead atoms. The van der Waals surface area contributed by atoms with Crippen molar-refractivity contribution in [1.82, 2.24) is 0 Å². The van der Waals surface area contributed by atoms with Gasteiger partial charge in [-0.05, 0) is 16.9 Å². The van der Waals surface area contributed by atoms with E-state index in [4.69, 9.17) is 22.1 Å². The maximum atomic E-state index is 6.02. The number of rotatable bonds is 5. The molecule has 0 spiro atoms. The van der Waals surface area contributed by atoms with Gasteiger partial charge in [-0.1, -0.05) is 37.6 Å². The number of nitrogen functional groups attached to an aromatic ring is 1. The summed E-state index contributed by atoms with van der Waals surface area (Å²) < 4.78 is 5.23. The minimum Gasteiger partial charge on any atom is -0.397 e. The van der Waals surface area contributed by atoms with Gasteiger partial charge in [0.1, 0.15) is 0 Å². The molecule has 0 saturated heterocycles. The van der Waals surface area contributed by atoms with E-state index in [0.717, 1.165) is 5.56 Å². The maximum absolute atomic E-state index is 6.02. The number of ether oxygens (including phenoxy) is 1. The van der Waals surface area contributed by atoms with Gasteiger partial charge < -0.3 is 10.5 Å². The minimum atomic E-state index is 0.240. The van der Waals surface area contributed by atoms with Gasteiger partial charge in [-0.3, -0.25) is 0 Å². The second-order valence-electron chi connectivity index (χ2n) is 3.87. The molecule has 1 aromatic carbocycles. The molecule has 1 atom stereocenters. The van der Waals surface area contributed by atoms with Crippen LogP contribution >= 0.6 is 23.4 Å². The van der Waals surface area contributed by atoms with Gasteiger partial charge >= 0.3 is 0 Å². The van der Waals surface area contributed by atoms with Gasteiger partial charge in [-0.2, -0.15) is 0 Å². The maximum Gasteiger partial charge on any atom is 0.0638 e. The highest BCUT2D eigenvalue weighted by Gasteiger charge is 2.17. The topological polar surface area (TPSA) is 35.2 Å². The molecule has 1 unspecified atom stereocenters. The summed E-state index contributed by atoms with van der Waals surface area (Å²) in [6.07, 6.45) is 0.